The molecule has 0 bridgehead atoms. The van der Waals surface area contributed by atoms with Crippen LogP contribution in [0.2, 0.25) is 5.02 Å². The topological polar surface area (TPSA) is 60.1 Å². The molecule has 0 unspecified atom stereocenters. The van der Waals surface area contributed by atoms with E-state index in [2.05, 4.69) is 45.0 Å². The van der Waals surface area contributed by atoms with Crippen molar-refractivity contribution in [1.82, 2.24) is 9.78 Å². The summed E-state index contributed by atoms with van der Waals surface area (Å²) in [7, 11) is 0. The Kier molecular flexibility index (Phi) is 6.17. The Morgan fingerprint density at radius 3 is 2.27 bits per heavy atom. The molecule has 0 atom stereocenters. The van der Waals surface area contributed by atoms with Crippen molar-refractivity contribution < 1.29 is 9.21 Å². The summed E-state index contributed by atoms with van der Waals surface area (Å²) in [6, 6.07) is 12.7. The largest absolute Gasteiger partial charge is 0.456 e. The lowest BCUT2D eigenvalue weighted by molar-refractivity contribution is 0.0994. The number of hydrogen-bond donors (Lipinski definition) is 1. The highest BCUT2D eigenvalue weighted by Crippen LogP contribution is 2.28. The Hall–Kier alpha value is -3.31. The Morgan fingerprint density at radius 1 is 0.939 bits per heavy atom. The predicted octanol–water partition coefficient (Wildman–Crippen LogP) is 6.81. The first-order valence-corrected chi connectivity index (χ1v) is 11.3. The van der Waals surface area contributed by atoms with Gasteiger partial charge in [-0.2, -0.15) is 5.10 Å². The number of amides is 1. The van der Waals surface area contributed by atoms with E-state index in [0.717, 1.165) is 17.1 Å². The van der Waals surface area contributed by atoms with Gasteiger partial charge in [-0.05, 0) is 105 Å². The van der Waals surface area contributed by atoms with Gasteiger partial charge in [0.25, 0.3) is 5.91 Å². The van der Waals surface area contributed by atoms with Crippen molar-refractivity contribution in [2.24, 2.45) is 0 Å². The molecule has 5 nitrogen and oxygen atoms in total. The molecule has 4 rings (SSSR count). The van der Waals surface area contributed by atoms with E-state index < -0.39 is 0 Å². The van der Waals surface area contributed by atoms with Gasteiger partial charge < -0.3 is 9.73 Å². The highest BCUT2D eigenvalue weighted by Gasteiger charge is 2.18. The van der Waals surface area contributed by atoms with Crippen LogP contribution < -0.4 is 5.32 Å². The third-order valence-corrected chi connectivity index (χ3v) is 6.75. The van der Waals surface area contributed by atoms with Crippen molar-refractivity contribution in [1.29, 1.82) is 0 Å². The number of aryl methyl sites for hydroxylation is 1. The van der Waals surface area contributed by atoms with Crippen molar-refractivity contribution in [3.8, 4) is 5.69 Å². The molecular weight excluding hydrogens is 434 g/mol. The standard InChI is InChI=1S/C27H28ClN3O2/c1-15-12-26(31(30-15)22-9-7-8-21(28)13-22)29-27(32)25-11-10-23(33-25)14-24-19(5)17(3)16(2)18(4)20(24)6/h7-13H,14H2,1-6H3,(H,29,32). The smallest absolute Gasteiger partial charge is 0.292 e. The number of hydrogen-bond acceptors (Lipinski definition) is 3. The minimum Gasteiger partial charge on any atom is -0.456 e. The van der Waals surface area contributed by atoms with Gasteiger partial charge in [0.1, 0.15) is 11.6 Å². The third kappa shape index (κ3) is 4.46. The maximum Gasteiger partial charge on any atom is 0.292 e. The van der Waals surface area contributed by atoms with E-state index in [1.807, 2.05) is 31.2 Å². The molecule has 6 heteroatoms. The fraction of sp³-hybridized carbons (Fsp3) is 0.259. The molecule has 1 N–H and O–H groups in total. The molecule has 0 fully saturated rings. The lowest BCUT2D eigenvalue weighted by Gasteiger charge is -2.18. The monoisotopic (exact) mass is 461 g/mol. The summed E-state index contributed by atoms with van der Waals surface area (Å²) in [5.74, 6) is 1.24. The average molecular weight is 462 g/mol. The fourth-order valence-electron chi connectivity index (χ4n) is 4.18. The van der Waals surface area contributed by atoms with Crippen molar-refractivity contribution >= 4 is 23.3 Å². The van der Waals surface area contributed by atoms with Gasteiger partial charge in [0, 0.05) is 17.5 Å². The molecular formula is C27H28ClN3O2. The molecule has 170 valence electrons. The minimum absolute atomic E-state index is 0.261. The maximum atomic E-state index is 13.0. The summed E-state index contributed by atoms with van der Waals surface area (Å²) in [6.07, 6.45) is 0.645. The number of nitrogens with zero attached hydrogens (tertiary/aromatic N) is 2. The molecule has 0 aliphatic carbocycles. The van der Waals surface area contributed by atoms with Gasteiger partial charge in [-0.25, -0.2) is 4.68 Å². The van der Waals surface area contributed by atoms with Gasteiger partial charge in [-0.15, -0.1) is 0 Å². The minimum atomic E-state index is -0.325. The predicted molar refractivity (Wildman–Crippen MR) is 133 cm³/mol. The zero-order valence-electron chi connectivity index (χ0n) is 19.8. The van der Waals surface area contributed by atoms with Gasteiger partial charge in [-0.3, -0.25) is 4.79 Å². The molecule has 0 saturated heterocycles. The summed E-state index contributed by atoms with van der Waals surface area (Å²) in [5, 5.41) is 8.00. The number of halogens is 1. The lowest BCUT2D eigenvalue weighted by atomic mass is 9.88. The normalized spacial score (nSPS) is 11.1. The van der Waals surface area contributed by atoms with Crippen molar-refractivity contribution in [2.45, 2.75) is 48.0 Å². The second kappa shape index (κ2) is 8.91. The molecule has 2 aromatic heterocycles. The molecule has 2 aromatic carbocycles. The van der Waals surface area contributed by atoms with Crippen LogP contribution in [0.15, 0.2) is 46.9 Å². The van der Waals surface area contributed by atoms with E-state index in [1.165, 1.54) is 33.4 Å². The maximum absolute atomic E-state index is 13.0. The van der Waals surface area contributed by atoms with Gasteiger partial charge in [-0.1, -0.05) is 17.7 Å². The van der Waals surface area contributed by atoms with Crippen LogP contribution in [0.3, 0.4) is 0 Å². The number of nitrogens with one attached hydrogen (secondary N) is 1. The Morgan fingerprint density at radius 2 is 1.61 bits per heavy atom. The second-order valence-corrected chi connectivity index (χ2v) is 9.00. The zero-order valence-corrected chi connectivity index (χ0v) is 20.6. The average Bonchev–Trinajstić information content (AvgIpc) is 3.40. The number of anilines is 1. The van der Waals surface area contributed by atoms with Crippen molar-refractivity contribution in [3.05, 3.63) is 98.1 Å². The van der Waals surface area contributed by atoms with Gasteiger partial charge in [0.05, 0.1) is 11.4 Å². The first kappa shape index (κ1) is 22.9. The van der Waals surface area contributed by atoms with Crippen LogP contribution >= 0.6 is 11.6 Å². The van der Waals surface area contributed by atoms with Crippen LogP contribution in [0.4, 0.5) is 5.82 Å². The first-order chi connectivity index (χ1) is 15.7. The van der Waals surface area contributed by atoms with E-state index in [4.69, 9.17) is 16.0 Å². The molecule has 33 heavy (non-hydrogen) atoms. The zero-order chi connectivity index (χ0) is 23.9. The van der Waals surface area contributed by atoms with E-state index in [0.29, 0.717) is 17.3 Å². The van der Waals surface area contributed by atoms with E-state index >= 15 is 0 Å². The first-order valence-electron chi connectivity index (χ1n) is 10.9. The Bertz CT molecular complexity index is 1330. The summed E-state index contributed by atoms with van der Waals surface area (Å²) in [4.78, 5) is 13.0. The molecule has 0 aliphatic heterocycles. The fourth-order valence-corrected chi connectivity index (χ4v) is 4.37. The number of rotatable bonds is 5. The van der Waals surface area contributed by atoms with E-state index in [1.54, 1.807) is 22.9 Å². The number of carbonyl (C=O) groups excluding carboxylic acids is 1. The molecule has 4 aromatic rings. The van der Waals surface area contributed by atoms with E-state index in [9.17, 15) is 4.79 Å². The number of benzene rings is 2. The van der Waals surface area contributed by atoms with Crippen molar-refractivity contribution in [3.63, 3.8) is 0 Å². The molecule has 0 saturated carbocycles. The van der Waals surface area contributed by atoms with Crippen LogP contribution in [0.25, 0.3) is 5.69 Å². The highest BCUT2D eigenvalue weighted by molar-refractivity contribution is 6.30. The van der Waals surface area contributed by atoms with Gasteiger partial charge >= 0.3 is 0 Å². The molecule has 0 spiro atoms. The number of carbonyl (C=O) groups is 1. The van der Waals surface area contributed by atoms with E-state index in [-0.39, 0.29) is 11.7 Å². The Labute approximate surface area is 199 Å². The molecule has 0 aliphatic rings. The lowest BCUT2D eigenvalue weighted by Crippen LogP contribution is -2.14. The summed E-state index contributed by atoms with van der Waals surface area (Å²) < 4.78 is 7.61. The summed E-state index contributed by atoms with van der Waals surface area (Å²) >= 11 is 6.13. The van der Waals surface area contributed by atoms with Crippen LogP contribution in [0, 0.1) is 41.5 Å². The molecule has 1 amide bonds. The third-order valence-electron chi connectivity index (χ3n) is 6.52. The van der Waals surface area contributed by atoms with Crippen LogP contribution in [-0.4, -0.2) is 15.7 Å². The quantitative estimate of drug-likeness (QED) is 0.355. The number of furan rings is 1. The number of aromatic nitrogens is 2. The second-order valence-electron chi connectivity index (χ2n) is 8.56. The Balaban J connectivity index is 1.57. The van der Waals surface area contributed by atoms with Crippen LogP contribution in [0.5, 0.6) is 0 Å². The summed E-state index contributed by atoms with van der Waals surface area (Å²) in [6.45, 7) is 12.7. The van der Waals surface area contributed by atoms with Gasteiger partial charge in [0.2, 0.25) is 0 Å². The van der Waals surface area contributed by atoms with Gasteiger partial charge in [0.15, 0.2) is 5.76 Å². The highest BCUT2D eigenvalue weighted by atomic mass is 35.5. The van der Waals surface area contributed by atoms with Crippen molar-refractivity contribution in [2.75, 3.05) is 5.32 Å². The van der Waals surface area contributed by atoms with Crippen LogP contribution in [-0.2, 0) is 6.42 Å². The summed E-state index contributed by atoms with van der Waals surface area (Å²) in [5.41, 5.74) is 9.30. The SMILES string of the molecule is Cc1cc(NC(=O)c2ccc(Cc3c(C)c(C)c(C)c(C)c3C)o2)n(-c2cccc(Cl)c2)n1. The van der Waals surface area contributed by atoms with Crippen LogP contribution in [0.1, 0.15) is 55.4 Å². The molecule has 2 heterocycles. The molecule has 0 radical (unpaired) electrons.